The van der Waals surface area contributed by atoms with E-state index in [9.17, 15) is 4.79 Å². The van der Waals surface area contributed by atoms with Gasteiger partial charge >= 0.3 is 0 Å². The molecule has 0 spiro atoms. The van der Waals surface area contributed by atoms with Crippen molar-refractivity contribution < 1.29 is 4.79 Å². The summed E-state index contributed by atoms with van der Waals surface area (Å²) < 4.78 is 0. The summed E-state index contributed by atoms with van der Waals surface area (Å²) in [6.45, 7) is 7.35. The number of benzene rings is 1. The number of hydrogen-bond acceptors (Lipinski definition) is 4. The number of nitrogens with zero attached hydrogens (tertiary/aromatic N) is 1. The van der Waals surface area contributed by atoms with E-state index in [4.69, 9.17) is 5.73 Å². The lowest BCUT2D eigenvalue weighted by molar-refractivity contribution is 0.0773. The fourth-order valence-corrected chi connectivity index (χ4v) is 2.88. The highest BCUT2D eigenvalue weighted by Crippen LogP contribution is 2.21. The molecule has 4 N–H and O–H groups in total. The standard InChI is InChI=1S/C17H28N4O/c1-3-21(4-2)17(22)13-8-9-16(15(18)11-13)20-12-14-7-5-6-10-19-14/h8-9,11,14,19-20H,3-7,10,12,18H2,1-2H3/t14-/m1/s1. The van der Waals surface area contributed by atoms with E-state index in [-0.39, 0.29) is 5.91 Å². The summed E-state index contributed by atoms with van der Waals surface area (Å²) in [7, 11) is 0. The van der Waals surface area contributed by atoms with E-state index in [0.717, 1.165) is 18.8 Å². The fourth-order valence-electron chi connectivity index (χ4n) is 2.88. The average Bonchev–Trinajstić information content (AvgIpc) is 2.55. The Morgan fingerprint density at radius 2 is 2.14 bits per heavy atom. The number of hydrogen-bond donors (Lipinski definition) is 3. The molecule has 0 saturated carbocycles. The van der Waals surface area contributed by atoms with E-state index in [1.165, 1.54) is 19.3 Å². The molecule has 122 valence electrons. The van der Waals surface area contributed by atoms with Crippen LogP contribution in [0, 0.1) is 0 Å². The van der Waals surface area contributed by atoms with E-state index < -0.39 is 0 Å². The molecule has 1 aliphatic heterocycles. The smallest absolute Gasteiger partial charge is 0.253 e. The van der Waals surface area contributed by atoms with Crippen molar-refractivity contribution in [1.82, 2.24) is 10.2 Å². The van der Waals surface area contributed by atoms with Crippen molar-refractivity contribution in [2.75, 3.05) is 37.2 Å². The van der Waals surface area contributed by atoms with Crippen molar-refractivity contribution in [3.63, 3.8) is 0 Å². The second-order valence-electron chi connectivity index (χ2n) is 5.81. The lowest BCUT2D eigenvalue weighted by atomic mass is 10.0. The third-order valence-corrected chi connectivity index (χ3v) is 4.30. The number of nitrogens with two attached hydrogens (primary N) is 1. The Bertz CT molecular complexity index is 493. The van der Waals surface area contributed by atoms with Gasteiger partial charge in [0.05, 0.1) is 11.4 Å². The molecule has 0 aromatic heterocycles. The first-order valence-electron chi connectivity index (χ1n) is 8.31. The average molecular weight is 304 g/mol. The van der Waals surface area contributed by atoms with Gasteiger partial charge in [-0.2, -0.15) is 0 Å². The van der Waals surface area contributed by atoms with Crippen LogP contribution in [0.5, 0.6) is 0 Å². The summed E-state index contributed by atoms with van der Waals surface area (Å²) in [6.07, 6.45) is 3.75. The Balaban J connectivity index is 1.98. The van der Waals surface area contributed by atoms with E-state index in [2.05, 4.69) is 10.6 Å². The van der Waals surface area contributed by atoms with Crippen LogP contribution in [-0.2, 0) is 0 Å². The third-order valence-electron chi connectivity index (χ3n) is 4.30. The molecule has 22 heavy (non-hydrogen) atoms. The van der Waals surface area contributed by atoms with Crippen LogP contribution in [0.15, 0.2) is 18.2 Å². The van der Waals surface area contributed by atoms with Gasteiger partial charge in [0.1, 0.15) is 0 Å². The quantitative estimate of drug-likeness (QED) is 0.705. The number of nitrogen functional groups attached to an aromatic ring is 1. The number of carbonyl (C=O) groups excluding carboxylic acids is 1. The maximum Gasteiger partial charge on any atom is 0.253 e. The van der Waals surface area contributed by atoms with Gasteiger partial charge in [0.25, 0.3) is 5.91 Å². The highest BCUT2D eigenvalue weighted by atomic mass is 16.2. The molecule has 1 amide bonds. The molecule has 2 rings (SSSR count). The normalized spacial score (nSPS) is 18.0. The minimum atomic E-state index is 0.0391. The summed E-state index contributed by atoms with van der Waals surface area (Å²) in [5.74, 6) is 0.0391. The first-order chi connectivity index (χ1) is 10.7. The predicted octanol–water partition coefficient (Wildman–Crippen LogP) is 2.30. The Morgan fingerprint density at radius 3 is 2.73 bits per heavy atom. The van der Waals surface area contributed by atoms with Gasteiger partial charge < -0.3 is 21.3 Å². The van der Waals surface area contributed by atoms with Gasteiger partial charge in [0, 0.05) is 31.2 Å². The van der Waals surface area contributed by atoms with Gasteiger partial charge in [-0.1, -0.05) is 6.42 Å². The van der Waals surface area contributed by atoms with Crippen molar-refractivity contribution in [3.8, 4) is 0 Å². The number of rotatable bonds is 6. The van der Waals surface area contributed by atoms with Crippen molar-refractivity contribution in [2.45, 2.75) is 39.2 Å². The molecule has 5 nitrogen and oxygen atoms in total. The largest absolute Gasteiger partial charge is 0.397 e. The maximum absolute atomic E-state index is 12.3. The summed E-state index contributed by atoms with van der Waals surface area (Å²) in [4.78, 5) is 14.1. The summed E-state index contributed by atoms with van der Waals surface area (Å²) in [5, 5.41) is 6.90. The Labute approximate surface area is 133 Å². The minimum Gasteiger partial charge on any atom is -0.397 e. The van der Waals surface area contributed by atoms with E-state index >= 15 is 0 Å². The van der Waals surface area contributed by atoms with Crippen LogP contribution in [-0.4, -0.2) is 43.0 Å². The van der Waals surface area contributed by atoms with Crippen LogP contribution in [0.2, 0.25) is 0 Å². The van der Waals surface area contributed by atoms with Gasteiger partial charge in [0.2, 0.25) is 0 Å². The maximum atomic E-state index is 12.3. The molecule has 0 unspecified atom stereocenters. The van der Waals surface area contributed by atoms with Crippen LogP contribution in [0.1, 0.15) is 43.5 Å². The number of anilines is 2. The van der Waals surface area contributed by atoms with Gasteiger partial charge in [-0.3, -0.25) is 4.79 Å². The molecular weight excluding hydrogens is 276 g/mol. The first-order valence-corrected chi connectivity index (χ1v) is 8.31. The summed E-state index contributed by atoms with van der Waals surface area (Å²) in [6, 6.07) is 6.05. The second kappa shape index (κ2) is 8.03. The van der Waals surface area contributed by atoms with Crippen molar-refractivity contribution in [3.05, 3.63) is 23.8 Å². The number of carbonyl (C=O) groups is 1. The molecule has 1 atom stereocenters. The van der Waals surface area contributed by atoms with E-state index in [0.29, 0.717) is 30.4 Å². The van der Waals surface area contributed by atoms with Crippen molar-refractivity contribution >= 4 is 17.3 Å². The molecule has 1 aromatic carbocycles. The van der Waals surface area contributed by atoms with Gasteiger partial charge in [-0.15, -0.1) is 0 Å². The molecule has 1 saturated heterocycles. The Hall–Kier alpha value is -1.75. The topological polar surface area (TPSA) is 70.4 Å². The molecule has 0 radical (unpaired) electrons. The first kappa shape index (κ1) is 16.6. The number of nitrogens with one attached hydrogen (secondary N) is 2. The zero-order chi connectivity index (χ0) is 15.9. The third kappa shape index (κ3) is 4.13. The molecule has 1 fully saturated rings. The van der Waals surface area contributed by atoms with Crippen LogP contribution < -0.4 is 16.4 Å². The van der Waals surface area contributed by atoms with Crippen LogP contribution in [0.4, 0.5) is 11.4 Å². The zero-order valence-electron chi connectivity index (χ0n) is 13.7. The van der Waals surface area contributed by atoms with Crippen molar-refractivity contribution in [1.29, 1.82) is 0 Å². The second-order valence-corrected chi connectivity index (χ2v) is 5.81. The predicted molar refractivity (Wildman–Crippen MR) is 92.2 cm³/mol. The minimum absolute atomic E-state index is 0.0391. The Morgan fingerprint density at radius 1 is 1.36 bits per heavy atom. The molecule has 1 aromatic rings. The number of amides is 1. The monoisotopic (exact) mass is 304 g/mol. The van der Waals surface area contributed by atoms with Gasteiger partial charge in [0.15, 0.2) is 0 Å². The molecular formula is C17H28N4O. The summed E-state index contributed by atoms with van der Waals surface area (Å²) in [5.41, 5.74) is 8.30. The molecule has 1 aliphatic rings. The molecule has 0 bridgehead atoms. The van der Waals surface area contributed by atoms with Crippen LogP contribution in [0.3, 0.4) is 0 Å². The SMILES string of the molecule is CCN(CC)C(=O)c1ccc(NC[C@H]2CCCCN2)c(N)c1. The van der Waals surface area contributed by atoms with E-state index in [1.807, 2.05) is 26.0 Å². The lowest BCUT2D eigenvalue weighted by Gasteiger charge is -2.24. The lowest BCUT2D eigenvalue weighted by Crippen LogP contribution is -2.39. The fraction of sp³-hybridized carbons (Fsp3) is 0.588. The van der Waals surface area contributed by atoms with E-state index in [1.54, 1.807) is 11.0 Å². The summed E-state index contributed by atoms with van der Waals surface area (Å²) >= 11 is 0. The van der Waals surface area contributed by atoms with Gasteiger partial charge in [-0.05, 0) is 51.4 Å². The Kier molecular flexibility index (Phi) is 6.07. The van der Waals surface area contributed by atoms with Crippen LogP contribution in [0.25, 0.3) is 0 Å². The number of piperidine rings is 1. The molecule has 5 heteroatoms. The zero-order valence-corrected chi connectivity index (χ0v) is 13.7. The molecule has 1 heterocycles. The van der Waals surface area contributed by atoms with Gasteiger partial charge in [-0.25, -0.2) is 0 Å². The highest BCUT2D eigenvalue weighted by molar-refractivity contribution is 5.96. The molecule has 0 aliphatic carbocycles. The van der Waals surface area contributed by atoms with Crippen LogP contribution >= 0.6 is 0 Å². The van der Waals surface area contributed by atoms with Crippen molar-refractivity contribution in [2.24, 2.45) is 0 Å². The highest BCUT2D eigenvalue weighted by Gasteiger charge is 2.15.